The summed E-state index contributed by atoms with van der Waals surface area (Å²) in [4.78, 5) is 22.8. The molecule has 0 saturated heterocycles. The van der Waals surface area contributed by atoms with Crippen molar-refractivity contribution in [1.82, 2.24) is 0 Å². The van der Waals surface area contributed by atoms with Crippen LogP contribution in [0.4, 0.5) is 5.69 Å². The molecule has 7 heteroatoms. The van der Waals surface area contributed by atoms with Crippen LogP contribution in [-0.4, -0.2) is 17.0 Å². The molecule has 1 amide bonds. The van der Waals surface area contributed by atoms with E-state index in [1.165, 1.54) is 19.9 Å². The number of carbonyl (C=O) groups is 2. The molecule has 0 radical (unpaired) electrons. The van der Waals surface area contributed by atoms with E-state index in [0.29, 0.717) is 4.47 Å². The summed E-state index contributed by atoms with van der Waals surface area (Å²) in [6.07, 6.45) is 0. The Bertz CT molecular complexity index is 517. The highest BCUT2D eigenvalue weighted by Crippen LogP contribution is 2.36. The quantitative estimate of drug-likeness (QED) is 0.640. The molecule has 0 atom stereocenters. The van der Waals surface area contributed by atoms with Gasteiger partial charge in [0.2, 0.25) is 5.91 Å². The molecule has 0 saturated carbocycles. The molecule has 0 unspecified atom stereocenters. The van der Waals surface area contributed by atoms with Crippen molar-refractivity contribution in [3.05, 3.63) is 26.7 Å². The van der Waals surface area contributed by atoms with Gasteiger partial charge in [0.1, 0.15) is 5.41 Å². The number of carbonyl (C=O) groups excluding carboxylic acids is 1. The van der Waals surface area contributed by atoms with Gasteiger partial charge in [-0.1, -0.05) is 23.2 Å². The third kappa shape index (κ3) is 2.96. The predicted molar refractivity (Wildman–Crippen MR) is 74.2 cm³/mol. The molecule has 2 N–H and O–H groups in total. The average Bonchev–Trinajstić information content (AvgIpc) is 2.29. The lowest BCUT2D eigenvalue weighted by Crippen LogP contribution is -2.37. The van der Waals surface area contributed by atoms with Gasteiger partial charge in [0.25, 0.3) is 0 Å². The first kappa shape index (κ1) is 15.3. The first-order valence-electron chi connectivity index (χ1n) is 4.86. The lowest BCUT2D eigenvalue weighted by atomic mass is 9.92. The van der Waals surface area contributed by atoms with Crippen LogP contribution in [0.5, 0.6) is 0 Å². The minimum Gasteiger partial charge on any atom is -0.480 e. The molecule has 0 bridgehead atoms. The van der Waals surface area contributed by atoms with E-state index < -0.39 is 17.3 Å². The van der Waals surface area contributed by atoms with Gasteiger partial charge in [-0.05, 0) is 41.9 Å². The normalized spacial score (nSPS) is 11.2. The van der Waals surface area contributed by atoms with Crippen LogP contribution < -0.4 is 5.32 Å². The first-order chi connectivity index (χ1) is 8.17. The van der Waals surface area contributed by atoms with Gasteiger partial charge in [0.15, 0.2) is 0 Å². The summed E-state index contributed by atoms with van der Waals surface area (Å²) in [5.41, 5.74) is -1.28. The lowest BCUT2D eigenvalue weighted by Gasteiger charge is -2.19. The number of nitrogens with one attached hydrogen (secondary N) is 1. The van der Waals surface area contributed by atoms with E-state index >= 15 is 0 Å². The number of anilines is 1. The van der Waals surface area contributed by atoms with Crippen molar-refractivity contribution in [3.8, 4) is 0 Å². The molecule has 1 aromatic rings. The molecule has 0 aliphatic heterocycles. The van der Waals surface area contributed by atoms with Crippen molar-refractivity contribution in [1.29, 1.82) is 0 Å². The van der Waals surface area contributed by atoms with Crippen LogP contribution in [0.25, 0.3) is 0 Å². The Hall–Kier alpha value is -0.780. The molecule has 1 aromatic carbocycles. The number of hydrogen-bond acceptors (Lipinski definition) is 2. The largest absolute Gasteiger partial charge is 0.480 e. The Kier molecular flexibility index (Phi) is 4.64. The van der Waals surface area contributed by atoms with Crippen LogP contribution in [0.1, 0.15) is 13.8 Å². The zero-order valence-corrected chi connectivity index (χ0v) is 12.7. The van der Waals surface area contributed by atoms with Crippen molar-refractivity contribution in [2.45, 2.75) is 13.8 Å². The van der Waals surface area contributed by atoms with E-state index in [-0.39, 0.29) is 15.7 Å². The molecule has 0 aromatic heterocycles. The Morgan fingerprint density at radius 3 is 2.33 bits per heavy atom. The summed E-state index contributed by atoms with van der Waals surface area (Å²) >= 11 is 15.0. The van der Waals surface area contributed by atoms with Gasteiger partial charge in [0.05, 0.1) is 15.7 Å². The standard InChI is InChI=1S/C11H10BrCl2NO3/c1-11(2,10(17)18)9(16)15-6-4-3-5(12)7(13)8(6)14/h3-4H,1-2H3,(H,15,16)(H,17,18). The molecule has 0 aliphatic rings. The molecule has 18 heavy (non-hydrogen) atoms. The van der Waals surface area contributed by atoms with Gasteiger partial charge >= 0.3 is 5.97 Å². The maximum Gasteiger partial charge on any atom is 0.318 e. The van der Waals surface area contributed by atoms with Crippen LogP contribution in [0.15, 0.2) is 16.6 Å². The number of aliphatic carboxylic acids is 1. The minimum absolute atomic E-state index is 0.153. The molecule has 1 rings (SSSR count). The van der Waals surface area contributed by atoms with Gasteiger partial charge in [-0.15, -0.1) is 0 Å². The number of carboxylic acids is 1. The first-order valence-corrected chi connectivity index (χ1v) is 6.41. The summed E-state index contributed by atoms with van der Waals surface area (Å²) in [7, 11) is 0. The molecular formula is C11H10BrCl2NO3. The SMILES string of the molecule is CC(C)(C(=O)O)C(=O)Nc1ccc(Br)c(Cl)c1Cl. The highest BCUT2D eigenvalue weighted by molar-refractivity contribution is 9.10. The van der Waals surface area contributed by atoms with Gasteiger partial charge in [-0.25, -0.2) is 0 Å². The maximum absolute atomic E-state index is 11.8. The fourth-order valence-electron chi connectivity index (χ4n) is 0.998. The Labute approximate surface area is 122 Å². The fraction of sp³-hybridized carbons (Fsp3) is 0.273. The zero-order chi connectivity index (χ0) is 14.1. The summed E-state index contributed by atoms with van der Waals surface area (Å²) < 4.78 is 0.588. The number of carboxylic acid groups (broad SMARTS) is 1. The molecule has 0 heterocycles. The zero-order valence-electron chi connectivity index (χ0n) is 9.55. The van der Waals surface area contributed by atoms with Crippen molar-refractivity contribution >= 4 is 56.7 Å². The van der Waals surface area contributed by atoms with Gasteiger partial charge in [-0.2, -0.15) is 0 Å². The number of halogens is 3. The number of benzene rings is 1. The van der Waals surface area contributed by atoms with Crippen molar-refractivity contribution in [2.24, 2.45) is 5.41 Å². The summed E-state index contributed by atoms with van der Waals surface area (Å²) in [6.45, 7) is 2.61. The van der Waals surface area contributed by atoms with Crippen LogP contribution in [0.2, 0.25) is 10.0 Å². The Balaban J connectivity index is 3.03. The van der Waals surface area contributed by atoms with Crippen LogP contribution in [-0.2, 0) is 9.59 Å². The predicted octanol–water partition coefficient (Wildman–Crippen LogP) is 3.81. The van der Waals surface area contributed by atoms with E-state index in [4.69, 9.17) is 28.3 Å². The molecule has 98 valence electrons. The second kappa shape index (κ2) is 5.47. The smallest absolute Gasteiger partial charge is 0.318 e. The molecule has 0 spiro atoms. The summed E-state index contributed by atoms with van der Waals surface area (Å²) in [5, 5.41) is 11.8. The van der Waals surface area contributed by atoms with Crippen LogP contribution >= 0.6 is 39.1 Å². The minimum atomic E-state index is -1.55. The number of amides is 1. The van der Waals surface area contributed by atoms with Crippen molar-refractivity contribution in [3.63, 3.8) is 0 Å². The van der Waals surface area contributed by atoms with Gasteiger partial charge in [0, 0.05) is 4.47 Å². The topological polar surface area (TPSA) is 66.4 Å². The second-order valence-electron chi connectivity index (χ2n) is 4.11. The highest BCUT2D eigenvalue weighted by Gasteiger charge is 2.36. The average molecular weight is 355 g/mol. The van der Waals surface area contributed by atoms with Gasteiger partial charge < -0.3 is 10.4 Å². The maximum atomic E-state index is 11.8. The summed E-state index contributed by atoms with van der Waals surface area (Å²) in [6, 6.07) is 3.14. The third-order valence-corrected chi connectivity index (χ3v) is 4.16. The van der Waals surface area contributed by atoms with Crippen molar-refractivity contribution in [2.75, 3.05) is 5.32 Å². The molecular weight excluding hydrogens is 345 g/mol. The van der Waals surface area contributed by atoms with E-state index in [1.807, 2.05) is 0 Å². The van der Waals surface area contributed by atoms with Crippen LogP contribution in [0.3, 0.4) is 0 Å². The molecule has 4 nitrogen and oxygen atoms in total. The van der Waals surface area contributed by atoms with E-state index in [2.05, 4.69) is 21.2 Å². The number of hydrogen-bond donors (Lipinski definition) is 2. The number of rotatable bonds is 3. The fourth-order valence-corrected chi connectivity index (χ4v) is 1.82. The highest BCUT2D eigenvalue weighted by atomic mass is 79.9. The molecule has 0 fully saturated rings. The van der Waals surface area contributed by atoms with E-state index in [1.54, 1.807) is 6.07 Å². The third-order valence-electron chi connectivity index (χ3n) is 2.39. The Morgan fingerprint density at radius 2 is 1.83 bits per heavy atom. The Morgan fingerprint density at radius 1 is 1.28 bits per heavy atom. The summed E-state index contributed by atoms with van der Waals surface area (Å²) in [5.74, 6) is -1.89. The lowest BCUT2D eigenvalue weighted by molar-refractivity contribution is -0.151. The van der Waals surface area contributed by atoms with E-state index in [9.17, 15) is 9.59 Å². The molecule has 0 aliphatic carbocycles. The van der Waals surface area contributed by atoms with Gasteiger partial charge in [-0.3, -0.25) is 9.59 Å². The monoisotopic (exact) mass is 353 g/mol. The second-order valence-corrected chi connectivity index (χ2v) is 5.72. The van der Waals surface area contributed by atoms with Crippen molar-refractivity contribution < 1.29 is 14.7 Å². The van der Waals surface area contributed by atoms with E-state index in [0.717, 1.165) is 0 Å². The van der Waals surface area contributed by atoms with Crippen LogP contribution in [0, 0.1) is 5.41 Å².